The van der Waals surface area contributed by atoms with Gasteiger partial charge in [0.05, 0.1) is 37.9 Å². The van der Waals surface area contributed by atoms with E-state index in [1.165, 1.54) is 0 Å². The SMILES string of the molecule is CCNC(=NCc1cc(Br)c(OC)c(OC)c1)NCCCOC1CCOC1. The maximum atomic E-state index is 5.78. The van der Waals surface area contributed by atoms with Gasteiger partial charge in [0.25, 0.3) is 0 Å². The molecule has 1 fully saturated rings. The Morgan fingerprint density at radius 3 is 2.81 bits per heavy atom. The van der Waals surface area contributed by atoms with Crippen molar-refractivity contribution in [2.24, 2.45) is 4.99 Å². The number of benzene rings is 1. The molecule has 2 N–H and O–H groups in total. The zero-order valence-electron chi connectivity index (χ0n) is 16.3. The molecule has 1 aromatic rings. The van der Waals surface area contributed by atoms with E-state index in [-0.39, 0.29) is 6.10 Å². The van der Waals surface area contributed by atoms with Crippen LogP contribution >= 0.6 is 15.9 Å². The van der Waals surface area contributed by atoms with Crippen molar-refractivity contribution in [2.75, 3.05) is 47.1 Å². The molecule has 0 radical (unpaired) electrons. The highest BCUT2D eigenvalue weighted by Crippen LogP contribution is 2.36. The lowest BCUT2D eigenvalue weighted by Gasteiger charge is -2.14. The normalized spacial score (nSPS) is 17.0. The topological polar surface area (TPSA) is 73.3 Å². The number of ether oxygens (including phenoxy) is 4. The van der Waals surface area contributed by atoms with Crippen LogP contribution in [0.15, 0.2) is 21.6 Å². The van der Waals surface area contributed by atoms with Gasteiger partial charge in [-0.05, 0) is 53.4 Å². The van der Waals surface area contributed by atoms with Crippen LogP contribution in [0.2, 0.25) is 0 Å². The third kappa shape index (κ3) is 7.20. The van der Waals surface area contributed by atoms with Crippen LogP contribution in [0.5, 0.6) is 11.5 Å². The summed E-state index contributed by atoms with van der Waals surface area (Å²) < 4.78 is 22.7. The molecule has 27 heavy (non-hydrogen) atoms. The maximum Gasteiger partial charge on any atom is 0.191 e. The molecule has 7 nitrogen and oxygen atoms in total. The molecule has 0 spiro atoms. The molecule has 0 amide bonds. The van der Waals surface area contributed by atoms with E-state index < -0.39 is 0 Å². The number of guanidine groups is 1. The van der Waals surface area contributed by atoms with Crippen molar-refractivity contribution < 1.29 is 18.9 Å². The van der Waals surface area contributed by atoms with Gasteiger partial charge in [0.1, 0.15) is 0 Å². The number of halogens is 1. The lowest BCUT2D eigenvalue weighted by molar-refractivity contribution is 0.0420. The second-order valence-electron chi connectivity index (χ2n) is 6.15. The lowest BCUT2D eigenvalue weighted by Crippen LogP contribution is -2.38. The van der Waals surface area contributed by atoms with Crippen LogP contribution in [0, 0.1) is 0 Å². The van der Waals surface area contributed by atoms with Crippen LogP contribution in [0.3, 0.4) is 0 Å². The predicted molar refractivity (Wildman–Crippen MR) is 110 cm³/mol. The van der Waals surface area contributed by atoms with Crippen LogP contribution in [-0.2, 0) is 16.0 Å². The quantitative estimate of drug-likeness (QED) is 0.329. The van der Waals surface area contributed by atoms with E-state index in [4.69, 9.17) is 18.9 Å². The first-order valence-corrected chi connectivity index (χ1v) is 10.1. The maximum absolute atomic E-state index is 5.78. The highest BCUT2D eigenvalue weighted by Gasteiger charge is 2.15. The smallest absolute Gasteiger partial charge is 0.191 e. The van der Waals surface area contributed by atoms with Crippen LogP contribution < -0.4 is 20.1 Å². The number of rotatable bonds is 10. The zero-order valence-corrected chi connectivity index (χ0v) is 17.9. The Morgan fingerprint density at radius 2 is 2.15 bits per heavy atom. The van der Waals surface area contributed by atoms with E-state index in [0.717, 1.165) is 61.7 Å². The molecular formula is C19H30BrN3O4. The van der Waals surface area contributed by atoms with Crippen molar-refractivity contribution in [3.8, 4) is 11.5 Å². The van der Waals surface area contributed by atoms with Crippen molar-refractivity contribution in [1.29, 1.82) is 0 Å². The summed E-state index contributed by atoms with van der Waals surface area (Å²) in [7, 11) is 3.25. The fourth-order valence-electron chi connectivity index (χ4n) is 2.75. The Bertz CT molecular complexity index is 607. The van der Waals surface area contributed by atoms with E-state index in [2.05, 4.69) is 31.6 Å². The standard InChI is InChI=1S/C19H30BrN3O4/c1-4-21-19(22-7-5-8-27-15-6-9-26-13-15)23-12-14-10-16(20)18(25-3)17(11-14)24-2/h10-11,15H,4-9,12-13H2,1-3H3,(H2,21,22,23). The first kappa shape index (κ1) is 21.8. The van der Waals surface area contributed by atoms with Crippen molar-refractivity contribution in [2.45, 2.75) is 32.4 Å². The first-order valence-electron chi connectivity index (χ1n) is 9.29. The minimum Gasteiger partial charge on any atom is -0.493 e. The Hall–Kier alpha value is -1.51. The number of methoxy groups -OCH3 is 2. The molecule has 0 aromatic heterocycles. The molecule has 1 saturated heterocycles. The Balaban J connectivity index is 1.84. The average Bonchev–Trinajstić information content (AvgIpc) is 3.18. The van der Waals surface area contributed by atoms with Crippen LogP contribution in [0.25, 0.3) is 0 Å². The molecule has 2 rings (SSSR count). The summed E-state index contributed by atoms with van der Waals surface area (Å²) in [6, 6.07) is 3.93. The zero-order chi connectivity index (χ0) is 19.5. The Kier molecular flexibility index (Phi) is 9.72. The van der Waals surface area contributed by atoms with E-state index in [1.54, 1.807) is 14.2 Å². The second kappa shape index (κ2) is 12.0. The van der Waals surface area contributed by atoms with Gasteiger partial charge in [-0.1, -0.05) is 0 Å². The summed E-state index contributed by atoms with van der Waals surface area (Å²) >= 11 is 3.52. The second-order valence-corrected chi connectivity index (χ2v) is 7.00. The summed E-state index contributed by atoms with van der Waals surface area (Å²) in [5, 5.41) is 6.60. The Labute approximate surface area is 169 Å². The molecule has 1 atom stereocenters. The molecule has 1 unspecified atom stereocenters. The molecule has 1 aliphatic rings. The summed E-state index contributed by atoms with van der Waals surface area (Å²) in [4.78, 5) is 4.65. The molecule has 0 aliphatic carbocycles. The van der Waals surface area contributed by atoms with Crippen molar-refractivity contribution >= 4 is 21.9 Å². The highest BCUT2D eigenvalue weighted by molar-refractivity contribution is 9.10. The first-order chi connectivity index (χ1) is 13.2. The molecular weight excluding hydrogens is 414 g/mol. The van der Waals surface area contributed by atoms with E-state index in [1.807, 2.05) is 19.1 Å². The summed E-state index contributed by atoms with van der Waals surface area (Å²) in [5.41, 5.74) is 1.03. The van der Waals surface area contributed by atoms with Gasteiger partial charge in [-0.15, -0.1) is 0 Å². The molecule has 1 heterocycles. The number of hydrogen-bond acceptors (Lipinski definition) is 5. The molecule has 1 aliphatic heterocycles. The van der Waals surface area contributed by atoms with Crippen molar-refractivity contribution in [3.63, 3.8) is 0 Å². The van der Waals surface area contributed by atoms with Crippen molar-refractivity contribution in [1.82, 2.24) is 10.6 Å². The minimum atomic E-state index is 0.260. The minimum absolute atomic E-state index is 0.260. The highest BCUT2D eigenvalue weighted by atomic mass is 79.9. The summed E-state index contributed by atoms with van der Waals surface area (Å²) in [6.45, 7) is 6.44. The van der Waals surface area contributed by atoms with Gasteiger partial charge in [-0.2, -0.15) is 0 Å². The fraction of sp³-hybridized carbons (Fsp3) is 0.632. The van der Waals surface area contributed by atoms with Crippen LogP contribution in [-0.4, -0.2) is 59.2 Å². The van der Waals surface area contributed by atoms with Crippen LogP contribution in [0.4, 0.5) is 0 Å². The van der Waals surface area contributed by atoms with Gasteiger partial charge >= 0.3 is 0 Å². The van der Waals surface area contributed by atoms with E-state index >= 15 is 0 Å². The fourth-order valence-corrected chi connectivity index (χ4v) is 3.40. The predicted octanol–water partition coefficient (Wildman–Crippen LogP) is 2.72. The van der Waals surface area contributed by atoms with Crippen LogP contribution in [0.1, 0.15) is 25.3 Å². The summed E-state index contributed by atoms with van der Waals surface area (Å²) in [5.74, 6) is 2.15. The van der Waals surface area contributed by atoms with Gasteiger partial charge < -0.3 is 29.6 Å². The van der Waals surface area contributed by atoms with Gasteiger partial charge in [0.15, 0.2) is 17.5 Å². The van der Waals surface area contributed by atoms with E-state index in [9.17, 15) is 0 Å². The number of nitrogens with one attached hydrogen (secondary N) is 2. The number of aliphatic imine (C=N–C) groups is 1. The van der Waals surface area contributed by atoms with Gasteiger partial charge in [0, 0.05) is 26.3 Å². The molecule has 8 heteroatoms. The monoisotopic (exact) mass is 443 g/mol. The summed E-state index contributed by atoms with van der Waals surface area (Å²) in [6.07, 6.45) is 2.18. The average molecular weight is 444 g/mol. The van der Waals surface area contributed by atoms with E-state index in [0.29, 0.717) is 18.0 Å². The molecule has 0 saturated carbocycles. The lowest BCUT2D eigenvalue weighted by atomic mass is 10.2. The number of nitrogens with zero attached hydrogens (tertiary/aromatic N) is 1. The van der Waals surface area contributed by atoms with Gasteiger partial charge in [0.2, 0.25) is 0 Å². The third-order valence-corrected chi connectivity index (χ3v) is 4.70. The van der Waals surface area contributed by atoms with Gasteiger partial charge in [-0.3, -0.25) is 0 Å². The molecule has 1 aromatic carbocycles. The molecule has 152 valence electrons. The molecule has 0 bridgehead atoms. The number of hydrogen-bond donors (Lipinski definition) is 2. The van der Waals surface area contributed by atoms with Crippen molar-refractivity contribution in [3.05, 3.63) is 22.2 Å². The van der Waals surface area contributed by atoms with Gasteiger partial charge in [-0.25, -0.2) is 4.99 Å². The Morgan fingerprint density at radius 1 is 1.30 bits per heavy atom. The third-order valence-electron chi connectivity index (χ3n) is 4.11. The largest absolute Gasteiger partial charge is 0.493 e.